The molecule has 0 aliphatic carbocycles. The average molecular weight is 307 g/mol. The smallest absolute Gasteiger partial charge is 0.290 e. The summed E-state index contributed by atoms with van der Waals surface area (Å²) in [5.74, 6) is 0.0627. The van der Waals surface area contributed by atoms with E-state index in [-0.39, 0.29) is 25.3 Å². The number of hydrogen-bond donors (Lipinski definition) is 2. The third kappa shape index (κ3) is 5.43. The van der Waals surface area contributed by atoms with Crippen molar-refractivity contribution in [2.75, 3.05) is 39.0 Å². The highest BCUT2D eigenvalue weighted by molar-refractivity contribution is 7.88. The molecule has 2 saturated heterocycles. The van der Waals surface area contributed by atoms with Crippen molar-refractivity contribution in [3.05, 3.63) is 0 Å². The summed E-state index contributed by atoms with van der Waals surface area (Å²) in [4.78, 5) is 24.6. The molecule has 116 valence electrons. The van der Waals surface area contributed by atoms with Crippen molar-refractivity contribution in [3.63, 3.8) is 0 Å². The van der Waals surface area contributed by atoms with E-state index in [0.29, 0.717) is 6.04 Å². The van der Waals surface area contributed by atoms with Gasteiger partial charge >= 0.3 is 0 Å². The number of carbonyl (C=O) groups excluding carboxylic acids is 1. The lowest BCUT2D eigenvalue weighted by molar-refractivity contribution is -0.134. The van der Waals surface area contributed by atoms with E-state index < -0.39 is 10.0 Å². The molecular weight excluding hydrogens is 286 g/mol. The Morgan fingerprint density at radius 2 is 2.05 bits per heavy atom. The summed E-state index contributed by atoms with van der Waals surface area (Å²) in [5, 5.41) is 6.89. The first kappa shape index (κ1) is 16.9. The van der Waals surface area contributed by atoms with Gasteiger partial charge < -0.3 is 10.0 Å². The first-order valence-corrected chi connectivity index (χ1v) is 8.31. The molecule has 1 amide bonds. The predicted molar refractivity (Wildman–Crippen MR) is 72.7 cm³/mol. The molecule has 2 bridgehead atoms. The van der Waals surface area contributed by atoms with Crippen LogP contribution in [-0.2, 0) is 19.6 Å². The van der Waals surface area contributed by atoms with E-state index in [4.69, 9.17) is 9.90 Å². The average Bonchev–Trinajstić information content (AvgIpc) is 2.70. The third-order valence-electron chi connectivity index (χ3n) is 3.37. The molecule has 0 saturated carbocycles. The molecule has 8 nitrogen and oxygen atoms in total. The van der Waals surface area contributed by atoms with Gasteiger partial charge in [0.25, 0.3) is 6.47 Å². The number of amides is 1. The van der Waals surface area contributed by atoms with Gasteiger partial charge in [-0.25, -0.2) is 13.1 Å². The number of rotatable bonds is 4. The van der Waals surface area contributed by atoms with Gasteiger partial charge in [-0.3, -0.25) is 14.5 Å². The number of carbonyl (C=O) groups is 2. The fraction of sp³-hybridized carbons (Fsp3) is 0.818. The van der Waals surface area contributed by atoms with Crippen LogP contribution in [0.4, 0.5) is 0 Å². The van der Waals surface area contributed by atoms with E-state index in [1.54, 1.807) is 0 Å². The summed E-state index contributed by atoms with van der Waals surface area (Å²) in [6.07, 6.45) is 2.40. The minimum atomic E-state index is -3.19. The van der Waals surface area contributed by atoms with Crippen LogP contribution in [0.15, 0.2) is 0 Å². The molecule has 2 atom stereocenters. The van der Waals surface area contributed by atoms with Gasteiger partial charge in [-0.2, -0.15) is 0 Å². The molecule has 9 heteroatoms. The number of fused-ring (bicyclic) bond motifs is 2. The van der Waals surface area contributed by atoms with Gasteiger partial charge in [-0.1, -0.05) is 0 Å². The quantitative estimate of drug-likeness (QED) is 0.615. The van der Waals surface area contributed by atoms with Gasteiger partial charge in [0.1, 0.15) is 0 Å². The number of nitrogens with zero attached hydrogens (tertiary/aromatic N) is 2. The number of carboxylic acid groups (broad SMARTS) is 1. The van der Waals surface area contributed by atoms with Crippen molar-refractivity contribution in [3.8, 4) is 0 Å². The van der Waals surface area contributed by atoms with Crippen LogP contribution in [0.5, 0.6) is 0 Å². The summed E-state index contributed by atoms with van der Waals surface area (Å²) in [7, 11) is -3.19. The van der Waals surface area contributed by atoms with Crippen LogP contribution in [0.25, 0.3) is 0 Å². The van der Waals surface area contributed by atoms with Crippen LogP contribution in [0.1, 0.15) is 12.8 Å². The maximum atomic E-state index is 11.9. The van der Waals surface area contributed by atoms with Crippen molar-refractivity contribution >= 4 is 22.4 Å². The maximum Gasteiger partial charge on any atom is 0.290 e. The fourth-order valence-corrected chi connectivity index (χ4v) is 2.99. The highest BCUT2D eigenvalue weighted by Gasteiger charge is 2.34. The zero-order valence-electron chi connectivity index (χ0n) is 11.5. The van der Waals surface area contributed by atoms with Crippen LogP contribution in [0.3, 0.4) is 0 Å². The van der Waals surface area contributed by atoms with Crippen molar-refractivity contribution in [1.82, 2.24) is 14.5 Å². The Morgan fingerprint density at radius 3 is 2.65 bits per heavy atom. The zero-order chi connectivity index (χ0) is 15.2. The second-order valence-corrected chi connectivity index (χ2v) is 6.69. The third-order valence-corrected chi connectivity index (χ3v) is 4.10. The fourth-order valence-electron chi connectivity index (χ4n) is 2.52. The Balaban J connectivity index is 0.000000612. The van der Waals surface area contributed by atoms with Gasteiger partial charge in [0.2, 0.25) is 15.9 Å². The maximum absolute atomic E-state index is 11.9. The molecule has 0 radical (unpaired) electrons. The van der Waals surface area contributed by atoms with Crippen LogP contribution in [0, 0.1) is 0 Å². The molecule has 2 aliphatic heterocycles. The minimum absolute atomic E-state index is 0.0627. The number of sulfonamides is 1. The summed E-state index contributed by atoms with van der Waals surface area (Å²) in [6.45, 7) is 3.73. The van der Waals surface area contributed by atoms with Crippen LogP contribution >= 0.6 is 0 Å². The molecule has 0 aromatic carbocycles. The van der Waals surface area contributed by atoms with Gasteiger partial charge in [0.05, 0.1) is 6.26 Å². The van der Waals surface area contributed by atoms with E-state index in [1.165, 1.54) is 0 Å². The van der Waals surface area contributed by atoms with Gasteiger partial charge in [0, 0.05) is 45.2 Å². The van der Waals surface area contributed by atoms with Crippen molar-refractivity contribution in [2.45, 2.75) is 18.9 Å². The SMILES string of the molecule is CS(=O)(=O)NCCC(=O)N1CCN2CCC1C2.O=CO. The summed E-state index contributed by atoms with van der Waals surface area (Å²) in [6, 6.07) is 0.342. The predicted octanol–water partition coefficient (Wildman–Crippen LogP) is -1.46. The monoisotopic (exact) mass is 307 g/mol. The second-order valence-electron chi connectivity index (χ2n) is 4.85. The molecule has 2 N–H and O–H groups in total. The highest BCUT2D eigenvalue weighted by atomic mass is 32.2. The van der Waals surface area contributed by atoms with Gasteiger partial charge in [0.15, 0.2) is 0 Å². The van der Waals surface area contributed by atoms with Crippen molar-refractivity contribution in [2.24, 2.45) is 0 Å². The van der Waals surface area contributed by atoms with Gasteiger partial charge in [-0.05, 0) is 6.42 Å². The zero-order valence-corrected chi connectivity index (χ0v) is 12.3. The van der Waals surface area contributed by atoms with E-state index >= 15 is 0 Å². The lowest BCUT2D eigenvalue weighted by Gasteiger charge is -2.34. The highest BCUT2D eigenvalue weighted by Crippen LogP contribution is 2.20. The van der Waals surface area contributed by atoms with Crippen LogP contribution < -0.4 is 4.72 Å². The summed E-state index contributed by atoms with van der Waals surface area (Å²) in [5.41, 5.74) is 0. The van der Waals surface area contributed by atoms with Gasteiger partial charge in [-0.15, -0.1) is 0 Å². The molecule has 2 aliphatic rings. The Morgan fingerprint density at radius 1 is 1.40 bits per heavy atom. The Labute approximate surface area is 118 Å². The molecule has 2 rings (SSSR count). The van der Waals surface area contributed by atoms with Crippen molar-refractivity contribution in [1.29, 1.82) is 0 Å². The van der Waals surface area contributed by atoms with E-state index in [1.807, 2.05) is 4.90 Å². The standard InChI is InChI=1S/C10H19N3O3S.CH2O2/c1-17(15,16)11-4-2-10(14)13-7-6-12-5-3-9(13)8-12;2-1-3/h9,11H,2-8H2,1H3;1H,(H,2,3). The Kier molecular flexibility index (Phi) is 6.37. The lowest BCUT2D eigenvalue weighted by Crippen LogP contribution is -2.50. The molecular formula is C11H21N3O5S. The number of nitrogens with one attached hydrogen (secondary N) is 1. The molecule has 2 heterocycles. The molecule has 2 unspecified atom stereocenters. The topological polar surface area (TPSA) is 107 Å². The summed E-state index contributed by atoms with van der Waals surface area (Å²) < 4.78 is 24.1. The Bertz CT molecular complexity index is 439. The van der Waals surface area contributed by atoms with E-state index in [0.717, 1.165) is 38.9 Å². The second kappa shape index (κ2) is 7.55. The Hall–Kier alpha value is -1.19. The molecule has 0 spiro atoms. The first-order valence-electron chi connectivity index (χ1n) is 6.41. The van der Waals surface area contributed by atoms with Crippen molar-refractivity contribution < 1.29 is 23.1 Å². The van der Waals surface area contributed by atoms with Crippen LogP contribution in [0.2, 0.25) is 0 Å². The first-order chi connectivity index (χ1) is 9.37. The minimum Gasteiger partial charge on any atom is -0.483 e. The van der Waals surface area contributed by atoms with E-state index in [2.05, 4.69) is 9.62 Å². The van der Waals surface area contributed by atoms with E-state index in [9.17, 15) is 13.2 Å². The molecule has 0 aromatic rings. The largest absolute Gasteiger partial charge is 0.483 e. The lowest BCUT2D eigenvalue weighted by atomic mass is 10.2. The normalized spacial score (nSPS) is 24.8. The van der Waals surface area contributed by atoms with Crippen LogP contribution in [-0.4, -0.2) is 80.7 Å². The number of piperazine rings is 1. The number of hydrogen-bond acceptors (Lipinski definition) is 5. The molecule has 2 fully saturated rings. The molecule has 20 heavy (non-hydrogen) atoms. The molecule has 0 aromatic heterocycles. The summed E-state index contributed by atoms with van der Waals surface area (Å²) >= 11 is 0.